The molecule has 4 rings (SSSR count). The summed E-state index contributed by atoms with van der Waals surface area (Å²) in [5.41, 5.74) is 3.38. The van der Waals surface area contributed by atoms with Gasteiger partial charge in [-0.05, 0) is 0 Å². The number of rotatable bonds is 2. The van der Waals surface area contributed by atoms with Crippen LogP contribution in [0.4, 0.5) is 5.82 Å². The predicted octanol–water partition coefficient (Wildman–Crippen LogP) is 2.44. The molecule has 2 aliphatic heterocycles. The van der Waals surface area contributed by atoms with Crippen LogP contribution in [0.2, 0.25) is 0 Å². The van der Waals surface area contributed by atoms with E-state index in [-0.39, 0.29) is 11.3 Å². The van der Waals surface area contributed by atoms with E-state index in [4.69, 9.17) is 0 Å². The molecule has 0 spiro atoms. The van der Waals surface area contributed by atoms with Gasteiger partial charge in [-0.2, -0.15) is 0 Å². The van der Waals surface area contributed by atoms with Crippen LogP contribution in [0.5, 0.6) is 0 Å². The summed E-state index contributed by atoms with van der Waals surface area (Å²) in [5.74, 6) is 2.09. The number of aromatic nitrogens is 3. The van der Waals surface area contributed by atoms with Gasteiger partial charge < -0.3 is 9.80 Å². The monoisotopic (exact) mass is 357 g/mol. The minimum absolute atomic E-state index is 0.0179. The number of fused-ring (bicyclic) bond motifs is 1. The standard InChI is InChI=1S/C18H23N5OS/c1-18(2,3)15-4-16(20-10-19-15)22-5-12-7-23(8-13(12)6-22)17(24)14-9-25-11-21-14/h4,9-13H,5-8H2,1-3H3. The third kappa shape index (κ3) is 3.13. The lowest BCUT2D eigenvalue weighted by atomic mass is 9.92. The van der Waals surface area contributed by atoms with Crippen molar-refractivity contribution in [2.75, 3.05) is 31.1 Å². The number of hydrogen-bond acceptors (Lipinski definition) is 6. The van der Waals surface area contributed by atoms with Gasteiger partial charge >= 0.3 is 0 Å². The number of carbonyl (C=O) groups is 1. The van der Waals surface area contributed by atoms with Crippen molar-refractivity contribution in [1.29, 1.82) is 0 Å². The summed E-state index contributed by atoms with van der Waals surface area (Å²) in [4.78, 5) is 29.8. The van der Waals surface area contributed by atoms with Gasteiger partial charge in [-0.3, -0.25) is 4.79 Å². The second-order valence-electron chi connectivity index (χ2n) is 8.02. The Bertz CT molecular complexity index is 756. The van der Waals surface area contributed by atoms with E-state index in [1.807, 2.05) is 10.3 Å². The van der Waals surface area contributed by atoms with Crippen LogP contribution in [0.15, 0.2) is 23.3 Å². The zero-order chi connectivity index (χ0) is 17.6. The number of anilines is 1. The Hall–Kier alpha value is -2.02. The summed E-state index contributed by atoms with van der Waals surface area (Å²) in [7, 11) is 0. The molecule has 0 N–H and O–H groups in total. The average molecular weight is 357 g/mol. The molecule has 0 aromatic carbocycles. The van der Waals surface area contributed by atoms with Gasteiger partial charge in [0.15, 0.2) is 0 Å². The number of amides is 1. The van der Waals surface area contributed by atoms with Crippen LogP contribution in [0.3, 0.4) is 0 Å². The maximum atomic E-state index is 12.5. The highest BCUT2D eigenvalue weighted by molar-refractivity contribution is 7.07. The first-order chi connectivity index (χ1) is 11.9. The molecule has 0 bridgehead atoms. The second-order valence-corrected chi connectivity index (χ2v) is 8.74. The first-order valence-electron chi connectivity index (χ1n) is 8.67. The maximum Gasteiger partial charge on any atom is 0.273 e. The number of hydrogen-bond donors (Lipinski definition) is 0. The van der Waals surface area contributed by atoms with Gasteiger partial charge in [-0.25, -0.2) is 15.0 Å². The topological polar surface area (TPSA) is 62.2 Å². The SMILES string of the molecule is CC(C)(C)c1cc(N2CC3CN(C(=O)c4cscn4)CC3C2)ncn1. The molecule has 0 aliphatic carbocycles. The zero-order valence-corrected chi connectivity index (χ0v) is 15.7. The van der Waals surface area contributed by atoms with Gasteiger partial charge in [0.1, 0.15) is 17.8 Å². The molecule has 0 saturated carbocycles. The Morgan fingerprint density at radius 2 is 1.84 bits per heavy atom. The Morgan fingerprint density at radius 3 is 2.44 bits per heavy atom. The fourth-order valence-electron chi connectivity index (χ4n) is 3.76. The van der Waals surface area contributed by atoms with Gasteiger partial charge in [0.25, 0.3) is 5.91 Å². The molecule has 2 aromatic rings. The fourth-order valence-corrected chi connectivity index (χ4v) is 4.28. The smallest absolute Gasteiger partial charge is 0.273 e. The van der Waals surface area contributed by atoms with E-state index in [0.29, 0.717) is 17.5 Å². The van der Waals surface area contributed by atoms with Crippen LogP contribution < -0.4 is 4.90 Å². The minimum Gasteiger partial charge on any atom is -0.356 e. The lowest BCUT2D eigenvalue weighted by molar-refractivity contribution is 0.0777. The average Bonchev–Trinajstić information content (AvgIpc) is 3.29. The normalized spacial score (nSPS) is 23.2. The number of nitrogens with zero attached hydrogens (tertiary/aromatic N) is 5. The molecular formula is C18H23N5OS. The summed E-state index contributed by atoms with van der Waals surface area (Å²) in [6.07, 6.45) is 1.67. The van der Waals surface area contributed by atoms with E-state index in [1.165, 1.54) is 11.3 Å². The van der Waals surface area contributed by atoms with Crippen molar-refractivity contribution in [3.05, 3.63) is 34.7 Å². The number of likely N-dealkylation sites (tertiary alicyclic amines) is 1. The quantitative estimate of drug-likeness (QED) is 0.826. The van der Waals surface area contributed by atoms with Crippen molar-refractivity contribution < 1.29 is 4.79 Å². The highest BCUT2D eigenvalue weighted by Crippen LogP contribution is 2.34. The largest absolute Gasteiger partial charge is 0.356 e. The van der Waals surface area contributed by atoms with Gasteiger partial charge in [0.2, 0.25) is 0 Å². The predicted molar refractivity (Wildman–Crippen MR) is 97.9 cm³/mol. The van der Waals surface area contributed by atoms with Gasteiger partial charge in [0.05, 0.1) is 11.2 Å². The second kappa shape index (κ2) is 6.05. The Morgan fingerprint density at radius 1 is 1.12 bits per heavy atom. The zero-order valence-electron chi connectivity index (χ0n) is 14.8. The summed E-state index contributed by atoms with van der Waals surface area (Å²) in [6, 6.07) is 2.11. The van der Waals surface area contributed by atoms with Gasteiger partial charge in [-0.15, -0.1) is 11.3 Å². The molecule has 25 heavy (non-hydrogen) atoms. The van der Waals surface area contributed by atoms with E-state index in [2.05, 4.69) is 46.7 Å². The van der Waals surface area contributed by atoms with Crippen molar-refractivity contribution in [1.82, 2.24) is 19.9 Å². The van der Waals surface area contributed by atoms with Crippen molar-refractivity contribution in [3.8, 4) is 0 Å². The third-order valence-corrected chi connectivity index (χ3v) is 5.76. The number of carbonyl (C=O) groups excluding carboxylic acids is 1. The molecule has 2 saturated heterocycles. The molecule has 2 atom stereocenters. The van der Waals surface area contributed by atoms with Crippen molar-refractivity contribution in [3.63, 3.8) is 0 Å². The first kappa shape index (κ1) is 16.4. The van der Waals surface area contributed by atoms with Crippen LogP contribution in [-0.2, 0) is 5.41 Å². The Balaban J connectivity index is 1.44. The Labute approximate surface area is 151 Å². The van der Waals surface area contributed by atoms with Gasteiger partial charge in [0, 0.05) is 54.9 Å². The molecule has 2 aliphatic rings. The summed E-state index contributed by atoms with van der Waals surface area (Å²) < 4.78 is 0. The highest BCUT2D eigenvalue weighted by Gasteiger charge is 2.42. The molecular weight excluding hydrogens is 334 g/mol. The van der Waals surface area contributed by atoms with Crippen molar-refractivity contribution in [2.45, 2.75) is 26.2 Å². The van der Waals surface area contributed by atoms with Crippen LogP contribution in [0.1, 0.15) is 37.0 Å². The van der Waals surface area contributed by atoms with Crippen LogP contribution in [0.25, 0.3) is 0 Å². The van der Waals surface area contributed by atoms with E-state index in [9.17, 15) is 4.79 Å². The van der Waals surface area contributed by atoms with Crippen LogP contribution in [-0.4, -0.2) is 51.9 Å². The first-order valence-corrected chi connectivity index (χ1v) is 9.61. The highest BCUT2D eigenvalue weighted by atomic mass is 32.1. The van der Waals surface area contributed by atoms with Crippen molar-refractivity contribution >= 4 is 23.1 Å². The molecule has 132 valence electrons. The molecule has 2 fully saturated rings. The molecule has 2 unspecified atom stereocenters. The van der Waals surface area contributed by atoms with E-state index in [1.54, 1.807) is 11.8 Å². The van der Waals surface area contributed by atoms with Crippen LogP contribution in [0, 0.1) is 11.8 Å². The molecule has 7 heteroatoms. The molecule has 6 nitrogen and oxygen atoms in total. The Kier molecular flexibility index (Phi) is 3.98. The summed E-state index contributed by atoms with van der Waals surface area (Å²) in [6.45, 7) is 10.0. The number of thiazole rings is 1. The lowest BCUT2D eigenvalue weighted by Crippen LogP contribution is -2.33. The molecule has 2 aromatic heterocycles. The van der Waals surface area contributed by atoms with E-state index >= 15 is 0 Å². The lowest BCUT2D eigenvalue weighted by Gasteiger charge is -2.24. The molecule has 4 heterocycles. The van der Waals surface area contributed by atoms with Crippen molar-refractivity contribution in [2.24, 2.45) is 11.8 Å². The maximum absolute atomic E-state index is 12.5. The molecule has 0 radical (unpaired) electrons. The van der Waals surface area contributed by atoms with E-state index in [0.717, 1.165) is 37.7 Å². The van der Waals surface area contributed by atoms with E-state index < -0.39 is 0 Å². The fraction of sp³-hybridized carbons (Fsp3) is 0.556. The summed E-state index contributed by atoms with van der Waals surface area (Å²) in [5, 5.41) is 1.83. The minimum atomic E-state index is 0.0179. The summed E-state index contributed by atoms with van der Waals surface area (Å²) >= 11 is 1.47. The third-order valence-electron chi connectivity index (χ3n) is 5.17. The van der Waals surface area contributed by atoms with Crippen LogP contribution >= 0.6 is 11.3 Å². The van der Waals surface area contributed by atoms with Gasteiger partial charge in [-0.1, -0.05) is 20.8 Å². The molecule has 1 amide bonds.